The van der Waals surface area contributed by atoms with E-state index in [2.05, 4.69) is 5.32 Å². The Labute approximate surface area is 123 Å². The molecule has 2 N–H and O–H groups in total. The Morgan fingerprint density at radius 1 is 1.33 bits per heavy atom. The van der Waals surface area contributed by atoms with Crippen LogP contribution in [0, 0.1) is 0 Å². The fraction of sp³-hybridized carbons (Fsp3) is 0.333. The van der Waals surface area contributed by atoms with Crippen LogP contribution < -0.4 is 5.32 Å². The van der Waals surface area contributed by atoms with Crippen LogP contribution in [-0.2, 0) is 11.3 Å². The van der Waals surface area contributed by atoms with Crippen LogP contribution in [0.3, 0.4) is 0 Å². The van der Waals surface area contributed by atoms with E-state index in [0.717, 1.165) is 0 Å². The molecule has 0 aliphatic heterocycles. The lowest BCUT2D eigenvalue weighted by Gasteiger charge is -2.22. The fourth-order valence-electron chi connectivity index (χ4n) is 1.52. The lowest BCUT2D eigenvalue weighted by Crippen LogP contribution is -2.46. The highest BCUT2D eigenvalue weighted by molar-refractivity contribution is 6.30. The summed E-state index contributed by atoms with van der Waals surface area (Å²) in [4.78, 5) is 22.3. The third-order valence-electron chi connectivity index (χ3n) is 2.32. The monoisotopic (exact) mass is 324 g/mol. The van der Waals surface area contributed by atoms with Gasteiger partial charge in [0.05, 0.1) is 0 Å². The zero-order valence-electron chi connectivity index (χ0n) is 10.7. The van der Waals surface area contributed by atoms with E-state index in [0.29, 0.717) is 10.6 Å². The number of urea groups is 1. The van der Waals surface area contributed by atoms with E-state index >= 15 is 0 Å². The van der Waals surface area contributed by atoms with Crippen molar-refractivity contribution in [2.24, 2.45) is 0 Å². The van der Waals surface area contributed by atoms with Crippen molar-refractivity contribution < 1.29 is 27.9 Å². The van der Waals surface area contributed by atoms with Crippen LogP contribution in [0.5, 0.6) is 0 Å². The van der Waals surface area contributed by atoms with Gasteiger partial charge in [0.15, 0.2) is 0 Å². The SMILES string of the molecule is O=C(O)CN(CC(F)(F)F)C(=O)NCc1cccc(Cl)c1. The molecule has 9 heteroatoms. The first-order chi connectivity index (χ1) is 9.67. The summed E-state index contributed by atoms with van der Waals surface area (Å²) in [6.45, 7) is -2.74. The molecule has 1 aromatic carbocycles. The number of nitrogens with zero attached hydrogens (tertiary/aromatic N) is 1. The molecule has 21 heavy (non-hydrogen) atoms. The second-order valence-electron chi connectivity index (χ2n) is 4.15. The van der Waals surface area contributed by atoms with Crippen LogP contribution in [0.1, 0.15) is 5.56 Å². The van der Waals surface area contributed by atoms with E-state index in [1.807, 2.05) is 0 Å². The van der Waals surface area contributed by atoms with Gasteiger partial charge in [0, 0.05) is 11.6 Å². The zero-order chi connectivity index (χ0) is 16.0. The summed E-state index contributed by atoms with van der Waals surface area (Å²) in [5.41, 5.74) is 0.582. The van der Waals surface area contributed by atoms with E-state index in [1.165, 1.54) is 6.07 Å². The van der Waals surface area contributed by atoms with E-state index in [9.17, 15) is 22.8 Å². The maximum Gasteiger partial charge on any atom is 0.406 e. The number of rotatable bonds is 5. The number of carbonyl (C=O) groups excluding carboxylic acids is 1. The van der Waals surface area contributed by atoms with E-state index < -0.39 is 31.3 Å². The minimum atomic E-state index is -4.68. The summed E-state index contributed by atoms with van der Waals surface area (Å²) in [5.74, 6) is -1.53. The predicted octanol–water partition coefficient (Wildman–Crippen LogP) is 2.50. The zero-order valence-corrected chi connectivity index (χ0v) is 11.4. The molecule has 0 heterocycles. The van der Waals surface area contributed by atoms with Crippen LogP contribution in [0.25, 0.3) is 0 Å². The number of nitrogens with one attached hydrogen (secondary N) is 1. The first-order valence-corrected chi connectivity index (χ1v) is 6.11. The van der Waals surface area contributed by atoms with Crippen LogP contribution in [0.2, 0.25) is 5.02 Å². The number of carboxylic acid groups (broad SMARTS) is 1. The Hall–Kier alpha value is -1.96. The van der Waals surface area contributed by atoms with Crippen molar-refractivity contribution in [1.29, 1.82) is 0 Å². The van der Waals surface area contributed by atoms with E-state index in [1.54, 1.807) is 18.2 Å². The van der Waals surface area contributed by atoms with Gasteiger partial charge in [-0.2, -0.15) is 13.2 Å². The van der Waals surface area contributed by atoms with E-state index in [-0.39, 0.29) is 11.4 Å². The van der Waals surface area contributed by atoms with Crippen LogP contribution in [-0.4, -0.2) is 41.3 Å². The number of amides is 2. The molecule has 116 valence electrons. The van der Waals surface area contributed by atoms with Gasteiger partial charge in [-0.1, -0.05) is 23.7 Å². The molecule has 0 aliphatic rings. The lowest BCUT2D eigenvalue weighted by atomic mass is 10.2. The number of benzene rings is 1. The van der Waals surface area contributed by atoms with E-state index in [4.69, 9.17) is 16.7 Å². The molecular weight excluding hydrogens is 313 g/mol. The van der Waals surface area contributed by atoms with Gasteiger partial charge in [-0.15, -0.1) is 0 Å². The molecule has 0 unspecified atom stereocenters. The summed E-state index contributed by atoms with van der Waals surface area (Å²) < 4.78 is 36.9. The molecule has 0 aliphatic carbocycles. The van der Waals surface area contributed by atoms with Crippen molar-refractivity contribution in [3.05, 3.63) is 34.9 Å². The largest absolute Gasteiger partial charge is 0.480 e. The maximum atomic E-state index is 12.3. The van der Waals surface area contributed by atoms with Gasteiger partial charge in [0.1, 0.15) is 13.1 Å². The standard InChI is InChI=1S/C12H12ClF3N2O3/c13-9-3-1-2-8(4-9)5-17-11(21)18(6-10(19)20)7-12(14,15)16/h1-4H,5-7H2,(H,17,21)(H,19,20). The quantitative estimate of drug-likeness (QED) is 0.874. The number of halogens is 4. The molecule has 5 nitrogen and oxygen atoms in total. The lowest BCUT2D eigenvalue weighted by molar-refractivity contribution is -0.148. The second-order valence-corrected chi connectivity index (χ2v) is 4.59. The highest BCUT2D eigenvalue weighted by Gasteiger charge is 2.33. The highest BCUT2D eigenvalue weighted by atomic mass is 35.5. The number of carboxylic acids is 1. The van der Waals surface area contributed by atoms with Gasteiger partial charge in [-0.3, -0.25) is 4.79 Å². The van der Waals surface area contributed by atoms with Crippen LogP contribution >= 0.6 is 11.6 Å². The first kappa shape index (κ1) is 17.1. The predicted molar refractivity (Wildman–Crippen MR) is 69.0 cm³/mol. The molecule has 1 aromatic rings. The molecule has 0 saturated carbocycles. The molecule has 0 atom stereocenters. The highest BCUT2D eigenvalue weighted by Crippen LogP contribution is 2.16. The summed E-state index contributed by atoms with van der Waals surface area (Å²) in [6, 6.07) is 5.27. The van der Waals surface area contributed by atoms with Crippen molar-refractivity contribution in [3.8, 4) is 0 Å². The topological polar surface area (TPSA) is 69.6 Å². The number of aliphatic carboxylic acids is 1. The first-order valence-electron chi connectivity index (χ1n) is 5.73. The minimum Gasteiger partial charge on any atom is -0.480 e. The fourth-order valence-corrected chi connectivity index (χ4v) is 1.73. The van der Waals surface area contributed by atoms with Crippen molar-refractivity contribution in [2.75, 3.05) is 13.1 Å². The molecule has 1 rings (SSSR count). The minimum absolute atomic E-state index is 0.0621. The molecule has 0 saturated heterocycles. The van der Waals surface area contributed by atoms with Crippen LogP contribution in [0.4, 0.5) is 18.0 Å². The summed E-state index contributed by atoms with van der Waals surface area (Å²) >= 11 is 5.73. The third kappa shape index (κ3) is 6.84. The molecule has 0 fully saturated rings. The Morgan fingerprint density at radius 3 is 2.52 bits per heavy atom. The molecule has 0 bridgehead atoms. The Morgan fingerprint density at radius 2 is 2.00 bits per heavy atom. The van der Waals surface area contributed by atoms with Crippen molar-refractivity contribution >= 4 is 23.6 Å². The number of alkyl halides is 3. The number of hydrogen-bond donors (Lipinski definition) is 2. The third-order valence-corrected chi connectivity index (χ3v) is 2.55. The molecule has 0 aromatic heterocycles. The summed E-state index contributed by atoms with van der Waals surface area (Å²) in [6.07, 6.45) is -4.68. The molecule has 0 radical (unpaired) electrons. The molecular formula is C12H12ClF3N2O3. The van der Waals surface area contributed by atoms with Gasteiger partial charge < -0.3 is 15.3 Å². The van der Waals surface area contributed by atoms with Crippen molar-refractivity contribution in [2.45, 2.75) is 12.7 Å². The summed E-state index contributed by atoms with van der Waals surface area (Å²) in [7, 11) is 0. The number of carbonyl (C=O) groups is 2. The molecule has 2 amide bonds. The van der Waals surface area contributed by atoms with Crippen molar-refractivity contribution in [1.82, 2.24) is 10.2 Å². The van der Waals surface area contributed by atoms with Crippen LogP contribution in [0.15, 0.2) is 24.3 Å². The normalized spacial score (nSPS) is 11.0. The number of hydrogen-bond acceptors (Lipinski definition) is 2. The van der Waals surface area contributed by atoms with Gasteiger partial charge in [-0.05, 0) is 17.7 Å². The average molecular weight is 325 g/mol. The average Bonchev–Trinajstić information content (AvgIpc) is 2.33. The van der Waals surface area contributed by atoms with Gasteiger partial charge >= 0.3 is 18.2 Å². The molecule has 0 spiro atoms. The Kier molecular flexibility index (Phi) is 5.83. The van der Waals surface area contributed by atoms with Crippen molar-refractivity contribution in [3.63, 3.8) is 0 Å². The Bertz CT molecular complexity index is 523. The summed E-state index contributed by atoms with van der Waals surface area (Å²) in [5, 5.41) is 11.2. The van der Waals surface area contributed by atoms with Gasteiger partial charge in [0.25, 0.3) is 0 Å². The van der Waals surface area contributed by atoms with Gasteiger partial charge in [0.2, 0.25) is 0 Å². The van der Waals surface area contributed by atoms with Gasteiger partial charge in [-0.25, -0.2) is 4.79 Å². The maximum absolute atomic E-state index is 12.3. The second kappa shape index (κ2) is 7.16. The Balaban J connectivity index is 2.65. The smallest absolute Gasteiger partial charge is 0.406 e.